The molecular formula is C23H34N2O4. The van der Waals surface area contributed by atoms with Crippen LogP contribution in [0.3, 0.4) is 0 Å². The third kappa shape index (κ3) is 6.87. The molecule has 160 valence electrons. The van der Waals surface area contributed by atoms with Crippen LogP contribution in [0.2, 0.25) is 0 Å². The molecule has 1 fully saturated rings. The first-order chi connectivity index (χ1) is 13.6. The molecule has 0 aromatic heterocycles. The van der Waals surface area contributed by atoms with E-state index in [0.717, 1.165) is 18.4 Å². The summed E-state index contributed by atoms with van der Waals surface area (Å²) in [6, 6.07) is 7.46. The fraction of sp³-hybridized carbons (Fsp3) is 0.609. The van der Waals surface area contributed by atoms with Crippen LogP contribution in [0, 0.1) is 5.92 Å². The van der Waals surface area contributed by atoms with Crippen LogP contribution in [0.15, 0.2) is 24.3 Å². The Hall–Kier alpha value is -2.37. The summed E-state index contributed by atoms with van der Waals surface area (Å²) in [5, 5.41) is 2.72. The minimum Gasteiger partial charge on any atom is -0.452 e. The van der Waals surface area contributed by atoms with Crippen molar-refractivity contribution in [2.24, 2.45) is 5.92 Å². The summed E-state index contributed by atoms with van der Waals surface area (Å²) in [7, 11) is 0. The average molecular weight is 403 g/mol. The molecule has 0 saturated carbocycles. The molecule has 1 atom stereocenters. The summed E-state index contributed by atoms with van der Waals surface area (Å²) in [5.74, 6) is -0.233. The Bertz CT molecular complexity index is 713. The molecule has 1 aromatic carbocycles. The van der Waals surface area contributed by atoms with Gasteiger partial charge in [0.1, 0.15) is 0 Å². The van der Waals surface area contributed by atoms with E-state index in [2.05, 4.69) is 33.0 Å². The molecule has 0 aliphatic carbocycles. The van der Waals surface area contributed by atoms with Crippen LogP contribution in [-0.4, -0.2) is 48.4 Å². The number of hydrogen-bond acceptors (Lipinski definition) is 4. The van der Waals surface area contributed by atoms with Gasteiger partial charge in [0.25, 0.3) is 11.8 Å². The quantitative estimate of drug-likeness (QED) is 0.741. The number of nitrogens with one attached hydrogen (secondary N) is 1. The number of nitrogens with zero attached hydrogens (tertiary/aromatic N) is 1. The second kappa shape index (κ2) is 9.90. The normalized spacial score (nSPS) is 16.2. The van der Waals surface area contributed by atoms with E-state index >= 15 is 0 Å². The van der Waals surface area contributed by atoms with Crippen LogP contribution in [0.25, 0.3) is 0 Å². The van der Waals surface area contributed by atoms with Gasteiger partial charge in [0, 0.05) is 25.2 Å². The Kier molecular flexibility index (Phi) is 7.82. The summed E-state index contributed by atoms with van der Waals surface area (Å²) in [4.78, 5) is 38.4. The highest BCUT2D eigenvalue weighted by Crippen LogP contribution is 2.22. The second-order valence-electron chi connectivity index (χ2n) is 8.97. The molecule has 1 N–H and O–H groups in total. The number of carbonyl (C=O) groups is 3. The van der Waals surface area contributed by atoms with Crippen molar-refractivity contribution < 1.29 is 19.1 Å². The van der Waals surface area contributed by atoms with Crippen LogP contribution in [0.5, 0.6) is 0 Å². The minimum atomic E-state index is -0.795. The lowest BCUT2D eigenvalue weighted by molar-refractivity contribution is -0.159. The highest BCUT2D eigenvalue weighted by atomic mass is 16.5. The average Bonchev–Trinajstić information content (AvgIpc) is 2.67. The fourth-order valence-corrected chi connectivity index (χ4v) is 3.29. The zero-order chi connectivity index (χ0) is 21.6. The van der Waals surface area contributed by atoms with Gasteiger partial charge in [-0.3, -0.25) is 14.4 Å². The van der Waals surface area contributed by atoms with E-state index in [1.54, 1.807) is 24.0 Å². The molecule has 1 heterocycles. The molecule has 6 nitrogen and oxygen atoms in total. The van der Waals surface area contributed by atoms with Crippen LogP contribution in [-0.2, 0) is 19.7 Å². The van der Waals surface area contributed by atoms with Gasteiger partial charge in [0.2, 0.25) is 0 Å². The standard InChI is InChI=1S/C23H34N2O4/c1-16-11-14-25(15-12-16)22(28)17(2)29-20(26)10-13-24-21(27)18-6-8-19(9-7-18)23(3,4)5/h6-9,16-17H,10-15H2,1-5H3,(H,24,27)/t17-/m1/s1. The number of hydrogen-bond donors (Lipinski definition) is 1. The summed E-state index contributed by atoms with van der Waals surface area (Å²) in [6.45, 7) is 11.7. The van der Waals surface area contributed by atoms with Gasteiger partial charge in [-0.1, -0.05) is 39.8 Å². The van der Waals surface area contributed by atoms with Gasteiger partial charge in [-0.2, -0.15) is 0 Å². The number of piperidine rings is 1. The molecule has 2 amide bonds. The van der Waals surface area contributed by atoms with Crippen LogP contribution < -0.4 is 5.32 Å². The van der Waals surface area contributed by atoms with Crippen molar-refractivity contribution in [1.82, 2.24) is 10.2 Å². The Labute approximate surface area is 174 Å². The topological polar surface area (TPSA) is 75.7 Å². The zero-order valence-electron chi connectivity index (χ0n) is 18.3. The number of benzene rings is 1. The Balaban J connectivity index is 1.73. The van der Waals surface area contributed by atoms with Crippen molar-refractivity contribution in [3.05, 3.63) is 35.4 Å². The second-order valence-corrected chi connectivity index (χ2v) is 8.97. The number of esters is 1. The summed E-state index contributed by atoms with van der Waals surface area (Å²) < 4.78 is 5.25. The molecule has 1 saturated heterocycles. The molecule has 0 spiro atoms. The maximum absolute atomic E-state index is 12.4. The van der Waals surface area contributed by atoms with Gasteiger partial charge in [-0.15, -0.1) is 0 Å². The number of amides is 2. The highest BCUT2D eigenvalue weighted by Gasteiger charge is 2.26. The predicted molar refractivity (Wildman–Crippen MR) is 113 cm³/mol. The van der Waals surface area contributed by atoms with Crippen molar-refractivity contribution in [2.75, 3.05) is 19.6 Å². The molecule has 6 heteroatoms. The van der Waals surface area contributed by atoms with Crippen LogP contribution in [0.4, 0.5) is 0 Å². The summed E-state index contributed by atoms with van der Waals surface area (Å²) in [6.07, 6.45) is 1.20. The monoisotopic (exact) mass is 402 g/mol. The molecule has 29 heavy (non-hydrogen) atoms. The van der Waals surface area contributed by atoms with Crippen molar-refractivity contribution in [3.8, 4) is 0 Å². The Morgan fingerprint density at radius 3 is 2.28 bits per heavy atom. The molecule has 1 aliphatic rings. The third-order valence-electron chi connectivity index (χ3n) is 5.38. The Morgan fingerprint density at radius 1 is 1.14 bits per heavy atom. The van der Waals surface area contributed by atoms with Gasteiger partial charge in [-0.05, 0) is 48.8 Å². The third-order valence-corrected chi connectivity index (χ3v) is 5.38. The summed E-state index contributed by atoms with van der Waals surface area (Å²) >= 11 is 0. The van der Waals surface area contributed by atoms with E-state index in [9.17, 15) is 14.4 Å². The van der Waals surface area contributed by atoms with E-state index in [4.69, 9.17) is 4.74 Å². The van der Waals surface area contributed by atoms with Gasteiger partial charge in [-0.25, -0.2) is 0 Å². The largest absolute Gasteiger partial charge is 0.452 e. The lowest BCUT2D eigenvalue weighted by Crippen LogP contribution is -2.44. The maximum atomic E-state index is 12.4. The SMILES string of the molecule is CC1CCN(C(=O)[C@@H](C)OC(=O)CCNC(=O)c2ccc(C(C)(C)C)cc2)CC1. The lowest BCUT2D eigenvalue weighted by atomic mass is 9.87. The smallest absolute Gasteiger partial charge is 0.308 e. The molecule has 0 bridgehead atoms. The molecule has 0 unspecified atom stereocenters. The van der Waals surface area contributed by atoms with E-state index < -0.39 is 12.1 Å². The highest BCUT2D eigenvalue weighted by molar-refractivity contribution is 5.94. The van der Waals surface area contributed by atoms with E-state index in [1.165, 1.54) is 0 Å². The van der Waals surface area contributed by atoms with Gasteiger partial charge >= 0.3 is 5.97 Å². The number of likely N-dealkylation sites (tertiary alicyclic amines) is 1. The number of rotatable bonds is 6. The lowest BCUT2D eigenvalue weighted by Gasteiger charge is -2.31. The molecule has 1 aliphatic heterocycles. The van der Waals surface area contributed by atoms with Crippen LogP contribution >= 0.6 is 0 Å². The van der Waals surface area contributed by atoms with Crippen molar-refractivity contribution >= 4 is 17.8 Å². The first-order valence-corrected chi connectivity index (χ1v) is 10.4. The van der Waals surface area contributed by atoms with E-state index in [0.29, 0.717) is 24.6 Å². The fourth-order valence-electron chi connectivity index (χ4n) is 3.29. The molecular weight excluding hydrogens is 368 g/mol. The molecule has 1 aromatic rings. The first kappa shape index (κ1) is 22.9. The molecule has 2 rings (SSSR count). The van der Waals surface area contributed by atoms with Crippen molar-refractivity contribution in [2.45, 2.75) is 65.4 Å². The maximum Gasteiger partial charge on any atom is 0.308 e. The minimum absolute atomic E-state index is 0.0271. The van der Waals surface area contributed by atoms with Crippen LogP contribution in [0.1, 0.15) is 69.8 Å². The van der Waals surface area contributed by atoms with E-state index in [-0.39, 0.29) is 30.2 Å². The van der Waals surface area contributed by atoms with Crippen molar-refractivity contribution in [3.63, 3.8) is 0 Å². The molecule has 0 radical (unpaired) electrons. The van der Waals surface area contributed by atoms with E-state index in [1.807, 2.05) is 12.1 Å². The predicted octanol–water partition coefficient (Wildman–Crippen LogP) is 3.29. The van der Waals surface area contributed by atoms with Gasteiger partial charge in [0.05, 0.1) is 6.42 Å². The summed E-state index contributed by atoms with van der Waals surface area (Å²) in [5.41, 5.74) is 1.73. The first-order valence-electron chi connectivity index (χ1n) is 10.4. The van der Waals surface area contributed by atoms with Gasteiger partial charge < -0.3 is 15.0 Å². The van der Waals surface area contributed by atoms with Gasteiger partial charge in [0.15, 0.2) is 6.10 Å². The number of ether oxygens (including phenoxy) is 1. The Morgan fingerprint density at radius 2 is 1.72 bits per heavy atom. The zero-order valence-corrected chi connectivity index (χ0v) is 18.3. The number of carbonyl (C=O) groups excluding carboxylic acids is 3. The van der Waals surface area contributed by atoms with Crippen molar-refractivity contribution in [1.29, 1.82) is 0 Å².